The molecule has 0 radical (unpaired) electrons. The van der Waals surface area contributed by atoms with Crippen molar-refractivity contribution in [1.29, 1.82) is 0 Å². The first-order valence-electron chi connectivity index (χ1n) is 7.28. The molecule has 0 aromatic heterocycles. The lowest BCUT2D eigenvalue weighted by molar-refractivity contribution is -0.129. The van der Waals surface area contributed by atoms with Crippen LogP contribution in [0.3, 0.4) is 0 Å². The van der Waals surface area contributed by atoms with Crippen molar-refractivity contribution in [1.82, 2.24) is 10.2 Å². The van der Waals surface area contributed by atoms with Crippen LogP contribution in [0, 0.1) is 5.82 Å². The largest absolute Gasteiger partial charge is 0.385 e. The average molecular weight is 310 g/mol. The summed E-state index contributed by atoms with van der Waals surface area (Å²) >= 11 is 0. The Balaban J connectivity index is 2.30. The van der Waals surface area contributed by atoms with Gasteiger partial charge in [0.05, 0.1) is 0 Å². The van der Waals surface area contributed by atoms with Gasteiger partial charge in [0, 0.05) is 46.7 Å². The zero-order valence-electron chi connectivity index (χ0n) is 13.1. The molecule has 2 amide bonds. The van der Waals surface area contributed by atoms with Crippen molar-refractivity contribution < 1.29 is 18.7 Å². The summed E-state index contributed by atoms with van der Waals surface area (Å²) in [5, 5.41) is 2.76. The number of carbonyl (C=O) groups excluding carboxylic acids is 2. The van der Waals surface area contributed by atoms with E-state index in [4.69, 9.17) is 4.74 Å². The van der Waals surface area contributed by atoms with Gasteiger partial charge in [-0.2, -0.15) is 0 Å². The van der Waals surface area contributed by atoms with E-state index < -0.39 is 0 Å². The van der Waals surface area contributed by atoms with Crippen LogP contribution in [0.15, 0.2) is 24.3 Å². The van der Waals surface area contributed by atoms with Gasteiger partial charge in [0.25, 0.3) is 0 Å². The highest BCUT2D eigenvalue weighted by Crippen LogP contribution is 2.02. The lowest BCUT2D eigenvalue weighted by Gasteiger charge is -2.20. The molecular weight excluding hydrogens is 287 g/mol. The summed E-state index contributed by atoms with van der Waals surface area (Å²) in [6.07, 6.45) is 0.987. The van der Waals surface area contributed by atoms with Crippen LogP contribution in [0.5, 0.6) is 0 Å². The van der Waals surface area contributed by atoms with E-state index in [-0.39, 0.29) is 24.1 Å². The van der Waals surface area contributed by atoms with E-state index in [9.17, 15) is 14.0 Å². The molecule has 6 heteroatoms. The maximum atomic E-state index is 12.8. The number of methoxy groups -OCH3 is 1. The molecular formula is C16H23FN2O3. The lowest BCUT2D eigenvalue weighted by atomic mass is 10.2. The first kappa shape index (κ1) is 18.1. The fraction of sp³-hybridized carbons (Fsp3) is 0.500. The van der Waals surface area contributed by atoms with Crippen LogP contribution in [0.2, 0.25) is 0 Å². The van der Waals surface area contributed by atoms with E-state index in [0.29, 0.717) is 26.2 Å². The molecule has 0 saturated heterocycles. The number of ether oxygens (including phenoxy) is 1. The molecule has 0 saturated carbocycles. The van der Waals surface area contributed by atoms with Gasteiger partial charge >= 0.3 is 0 Å². The predicted molar refractivity (Wildman–Crippen MR) is 81.6 cm³/mol. The quantitative estimate of drug-likeness (QED) is 0.707. The second kappa shape index (κ2) is 9.89. The Bertz CT molecular complexity index is 477. The van der Waals surface area contributed by atoms with Gasteiger partial charge in [-0.15, -0.1) is 0 Å². The van der Waals surface area contributed by atoms with Crippen molar-refractivity contribution in [3.05, 3.63) is 35.6 Å². The summed E-state index contributed by atoms with van der Waals surface area (Å²) < 4.78 is 17.7. The summed E-state index contributed by atoms with van der Waals surface area (Å²) in [6, 6.07) is 5.97. The van der Waals surface area contributed by atoms with Gasteiger partial charge in [0.1, 0.15) is 5.82 Å². The molecule has 0 spiro atoms. The van der Waals surface area contributed by atoms with E-state index in [1.807, 2.05) is 0 Å². The Morgan fingerprint density at radius 3 is 2.50 bits per heavy atom. The third kappa shape index (κ3) is 7.17. The van der Waals surface area contributed by atoms with Crippen molar-refractivity contribution in [2.75, 3.05) is 26.8 Å². The lowest BCUT2D eigenvalue weighted by Crippen LogP contribution is -2.34. The molecule has 0 bridgehead atoms. The Morgan fingerprint density at radius 2 is 1.91 bits per heavy atom. The number of nitrogens with zero attached hydrogens (tertiary/aromatic N) is 1. The SMILES string of the molecule is COCCCN(CCC(=O)NCc1ccc(F)cc1)C(C)=O. The second-order valence-corrected chi connectivity index (χ2v) is 5.01. The molecule has 0 aliphatic heterocycles. The molecule has 0 unspecified atom stereocenters. The van der Waals surface area contributed by atoms with Crippen molar-refractivity contribution in [2.45, 2.75) is 26.3 Å². The molecule has 0 aliphatic rings. The van der Waals surface area contributed by atoms with Crippen molar-refractivity contribution in [3.8, 4) is 0 Å². The molecule has 1 aromatic rings. The van der Waals surface area contributed by atoms with E-state index in [0.717, 1.165) is 12.0 Å². The Labute approximate surface area is 130 Å². The zero-order chi connectivity index (χ0) is 16.4. The van der Waals surface area contributed by atoms with E-state index in [2.05, 4.69) is 5.32 Å². The Kier molecular flexibility index (Phi) is 8.14. The number of halogens is 1. The maximum Gasteiger partial charge on any atom is 0.222 e. The third-order valence-electron chi connectivity index (χ3n) is 3.23. The molecule has 0 atom stereocenters. The van der Waals surface area contributed by atoms with Crippen LogP contribution in [-0.2, 0) is 20.9 Å². The summed E-state index contributed by atoms with van der Waals surface area (Å²) in [4.78, 5) is 24.9. The van der Waals surface area contributed by atoms with Gasteiger partial charge in [-0.05, 0) is 24.1 Å². The average Bonchev–Trinajstić information content (AvgIpc) is 2.49. The minimum atomic E-state index is -0.303. The topological polar surface area (TPSA) is 58.6 Å². The number of amides is 2. The van der Waals surface area contributed by atoms with Gasteiger partial charge < -0.3 is 15.0 Å². The normalized spacial score (nSPS) is 10.3. The number of hydrogen-bond acceptors (Lipinski definition) is 3. The minimum absolute atomic E-state index is 0.0533. The molecule has 5 nitrogen and oxygen atoms in total. The first-order chi connectivity index (χ1) is 10.5. The van der Waals surface area contributed by atoms with Crippen molar-refractivity contribution in [2.24, 2.45) is 0 Å². The van der Waals surface area contributed by atoms with Crippen LogP contribution in [0.4, 0.5) is 4.39 Å². The van der Waals surface area contributed by atoms with E-state index >= 15 is 0 Å². The molecule has 1 aromatic carbocycles. The van der Waals surface area contributed by atoms with Crippen LogP contribution in [0.1, 0.15) is 25.3 Å². The minimum Gasteiger partial charge on any atom is -0.385 e. The number of hydrogen-bond donors (Lipinski definition) is 1. The van der Waals surface area contributed by atoms with E-state index in [1.54, 1.807) is 24.1 Å². The fourth-order valence-electron chi connectivity index (χ4n) is 1.95. The van der Waals surface area contributed by atoms with E-state index in [1.165, 1.54) is 19.1 Å². The molecule has 0 fully saturated rings. The number of benzene rings is 1. The summed E-state index contributed by atoms with van der Waals surface area (Å²) in [5.74, 6) is -0.493. The zero-order valence-corrected chi connectivity index (χ0v) is 13.1. The molecule has 0 heterocycles. The smallest absolute Gasteiger partial charge is 0.222 e. The highest BCUT2D eigenvalue weighted by Gasteiger charge is 2.10. The van der Waals surface area contributed by atoms with Crippen molar-refractivity contribution in [3.63, 3.8) is 0 Å². The molecule has 0 aliphatic carbocycles. The standard InChI is InChI=1S/C16H23FN2O3/c1-13(20)19(9-3-11-22-2)10-8-16(21)18-12-14-4-6-15(17)7-5-14/h4-7H,3,8-12H2,1-2H3,(H,18,21). The van der Waals surface area contributed by atoms with Crippen LogP contribution < -0.4 is 5.32 Å². The van der Waals surface area contributed by atoms with Gasteiger partial charge in [-0.25, -0.2) is 4.39 Å². The van der Waals surface area contributed by atoms with Gasteiger partial charge in [0.2, 0.25) is 11.8 Å². The van der Waals surface area contributed by atoms with Gasteiger partial charge in [-0.1, -0.05) is 12.1 Å². The van der Waals surface area contributed by atoms with Gasteiger partial charge in [0.15, 0.2) is 0 Å². The highest BCUT2D eigenvalue weighted by molar-refractivity contribution is 5.78. The Hall–Kier alpha value is -1.95. The van der Waals surface area contributed by atoms with Crippen LogP contribution in [0.25, 0.3) is 0 Å². The molecule has 22 heavy (non-hydrogen) atoms. The summed E-state index contributed by atoms with van der Waals surface area (Å²) in [5.41, 5.74) is 0.832. The molecule has 1 rings (SSSR count). The van der Waals surface area contributed by atoms with Crippen molar-refractivity contribution >= 4 is 11.8 Å². The Morgan fingerprint density at radius 1 is 1.23 bits per heavy atom. The van der Waals surface area contributed by atoms with Crippen LogP contribution in [-0.4, -0.2) is 43.5 Å². The molecule has 1 N–H and O–H groups in total. The number of nitrogens with one attached hydrogen (secondary N) is 1. The number of carbonyl (C=O) groups is 2. The summed E-state index contributed by atoms with van der Waals surface area (Å²) in [6.45, 7) is 3.38. The van der Waals surface area contributed by atoms with Gasteiger partial charge in [-0.3, -0.25) is 9.59 Å². The fourth-order valence-corrected chi connectivity index (χ4v) is 1.95. The summed E-state index contributed by atoms with van der Waals surface area (Å²) in [7, 11) is 1.61. The third-order valence-corrected chi connectivity index (χ3v) is 3.23. The van der Waals surface area contributed by atoms with Crippen LogP contribution >= 0.6 is 0 Å². The molecule has 122 valence electrons. The maximum absolute atomic E-state index is 12.8. The predicted octanol–water partition coefficient (Wildman–Crippen LogP) is 1.72. The highest BCUT2D eigenvalue weighted by atomic mass is 19.1. The monoisotopic (exact) mass is 310 g/mol. The first-order valence-corrected chi connectivity index (χ1v) is 7.28. The second-order valence-electron chi connectivity index (χ2n) is 5.01. The number of rotatable bonds is 9.